The molecule has 3 rings (SSSR count). The molecular weight excluding hydrogens is 284 g/mol. The highest BCUT2D eigenvalue weighted by Crippen LogP contribution is 2.14. The summed E-state index contributed by atoms with van der Waals surface area (Å²) in [7, 11) is 0. The average Bonchev–Trinajstić information content (AvgIpc) is 2.82. The molecule has 102 valence electrons. The van der Waals surface area contributed by atoms with E-state index in [4.69, 9.17) is 5.11 Å². The number of aliphatic hydroxyl groups excluding tert-OH is 1. The summed E-state index contributed by atoms with van der Waals surface area (Å²) in [6.07, 6.45) is 0. The van der Waals surface area contributed by atoms with Crippen LogP contribution < -0.4 is 22.2 Å². The highest BCUT2D eigenvalue weighted by atomic mass is 32.1. The molecule has 0 aliphatic rings. The third-order valence-corrected chi connectivity index (χ3v) is 3.63. The lowest BCUT2D eigenvalue weighted by molar-refractivity contribution is 0.204. The van der Waals surface area contributed by atoms with Gasteiger partial charge in [0.2, 0.25) is 0 Å². The van der Waals surface area contributed by atoms with Gasteiger partial charge in [0.25, 0.3) is 22.2 Å². The first kappa shape index (κ1) is 12.8. The molecular formula is C12H8N2O5S. The highest BCUT2D eigenvalue weighted by molar-refractivity contribution is 7.79. The molecule has 0 radical (unpaired) electrons. The number of hydrogen-bond acceptors (Lipinski definition) is 6. The first-order chi connectivity index (χ1) is 9.51. The van der Waals surface area contributed by atoms with E-state index in [1.807, 2.05) is 0 Å². The Morgan fingerprint density at radius 3 is 1.45 bits per heavy atom. The third-order valence-electron chi connectivity index (χ3n) is 3.34. The fourth-order valence-electron chi connectivity index (χ4n) is 2.33. The maximum atomic E-state index is 12.0. The van der Waals surface area contributed by atoms with Gasteiger partial charge in [-0.05, 0) is 12.1 Å². The fraction of sp³-hybridized carbons (Fsp3) is 0.167. The summed E-state index contributed by atoms with van der Waals surface area (Å²) in [5.41, 5.74) is -2.46. The number of rotatable bonds is 2. The van der Waals surface area contributed by atoms with Crippen LogP contribution in [0, 0.1) is 0 Å². The fourth-order valence-corrected chi connectivity index (χ4v) is 2.59. The van der Waals surface area contributed by atoms with E-state index in [0.717, 1.165) is 4.57 Å². The quantitative estimate of drug-likeness (QED) is 0.575. The van der Waals surface area contributed by atoms with Gasteiger partial charge in [0, 0.05) is 0 Å². The maximum Gasteiger partial charge on any atom is 0.263 e. The van der Waals surface area contributed by atoms with E-state index in [1.165, 1.54) is 12.1 Å². The summed E-state index contributed by atoms with van der Waals surface area (Å²) in [6.45, 7) is -0.748. The van der Waals surface area contributed by atoms with Crippen LogP contribution in [0.2, 0.25) is 0 Å². The molecule has 7 nitrogen and oxygen atoms in total. The van der Waals surface area contributed by atoms with Crippen LogP contribution in [0.3, 0.4) is 0 Å². The molecule has 3 aromatic rings. The van der Waals surface area contributed by atoms with E-state index in [-0.39, 0.29) is 27.4 Å². The molecule has 0 atom stereocenters. The molecule has 0 bridgehead atoms. The molecule has 1 aromatic carbocycles. The molecule has 0 amide bonds. The van der Waals surface area contributed by atoms with Gasteiger partial charge in [0.15, 0.2) is 0 Å². The first-order valence-corrected chi connectivity index (χ1v) is 6.26. The van der Waals surface area contributed by atoms with Crippen LogP contribution in [0.15, 0.2) is 31.3 Å². The van der Waals surface area contributed by atoms with Crippen molar-refractivity contribution in [3.8, 4) is 0 Å². The largest absolute Gasteiger partial charge is 0.376 e. The van der Waals surface area contributed by atoms with Crippen molar-refractivity contribution in [3.63, 3.8) is 0 Å². The van der Waals surface area contributed by atoms with Crippen molar-refractivity contribution < 1.29 is 5.11 Å². The normalized spacial score (nSPS) is 11.7. The van der Waals surface area contributed by atoms with Gasteiger partial charge < -0.3 is 5.11 Å². The number of nitrogens with zero attached hydrogens (tertiary/aromatic N) is 2. The smallest absolute Gasteiger partial charge is 0.263 e. The minimum absolute atomic E-state index is 0.0185. The van der Waals surface area contributed by atoms with Crippen LogP contribution in [0.5, 0.6) is 0 Å². The SMILES string of the molecule is O=c1c2cc3c(=O)n(CS)c(=O)c3cc2c(=O)n1CO. The van der Waals surface area contributed by atoms with Gasteiger partial charge in [-0.3, -0.25) is 28.3 Å². The molecule has 0 aliphatic carbocycles. The van der Waals surface area contributed by atoms with Gasteiger partial charge in [0.1, 0.15) is 6.73 Å². The van der Waals surface area contributed by atoms with Gasteiger partial charge in [-0.2, -0.15) is 12.6 Å². The second-order valence-electron chi connectivity index (χ2n) is 4.30. The Balaban J connectivity index is 2.64. The van der Waals surface area contributed by atoms with Crippen molar-refractivity contribution >= 4 is 34.2 Å². The molecule has 0 saturated heterocycles. The summed E-state index contributed by atoms with van der Waals surface area (Å²) in [5, 5.41) is 9.19. The lowest BCUT2D eigenvalue weighted by Gasteiger charge is -1.88. The maximum absolute atomic E-state index is 12.0. The zero-order valence-electron chi connectivity index (χ0n) is 9.99. The number of thiol groups is 1. The van der Waals surface area contributed by atoms with Crippen LogP contribution in [-0.2, 0) is 12.6 Å². The van der Waals surface area contributed by atoms with E-state index in [9.17, 15) is 19.2 Å². The van der Waals surface area contributed by atoms with Gasteiger partial charge >= 0.3 is 0 Å². The Kier molecular flexibility index (Phi) is 2.66. The van der Waals surface area contributed by atoms with Crippen molar-refractivity contribution in [2.45, 2.75) is 12.6 Å². The Morgan fingerprint density at radius 1 is 0.800 bits per heavy atom. The van der Waals surface area contributed by atoms with E-state index >= 15 is 0 Å². The monoisotopic (exact) mass is 292 g/mol. The number of benzene rings is 1. The topological polar surface area (TPSA) is 98.4 Å². The number of hydrogen-bond donors (Lipinski definition) is 2. The molecule has 0 fully saturated rings. The van der Waals surface area contributed by atoms with E-state index in [2.05, 4.69) is 12.6 Å². The standard InChI is InChI=1S/C12H8N2O5S/c15-3-13-9(16)5-1-7-8(2-6(5)10(13)17)12(19)14(4-20)11(7)18/h1-2,15,20H,3-4H2. The van der Waals surface area contributed by atoms with Crippen molar-refractivity contribution in [2.75, 3.05) is 0 Å². The zero-order chi connectivity index (χ0) is 14.6. The molecule has 0 aliphatic heterocycles. The number of fused-ring (bicyclic) bond motifs is 2. The summed E-state index contributed by atoms with van der Waals surface area (Å²) < 4.78 is 1.56. The van der Waals surface area contributed by atoms with Crippen LogP contribution in [0.1, 0.15) is 0 Å². The lowest BCUT2D eigenvalue weighted by Crippen LogP contribution is -2.25. The molecule has 2 aromatic heterocycles. The second kappa shape index (κ2) is 4.15. The van der Waals surface area contributed by atoms with Crippen molar-refractivity contribution in [3.05, 3.63) is 53.5 Å². The Labute approximate surface area is 115 Å². The second-order valence-corrected chi connectivity index (χ2v) is 4.59. The summed E-state index contributed by atoms with van der Waals surface area (Å²) >= 11 is 3.90. The van der Waals surface area contributed by atoms with E-state index < -0.39 is 29.0 Å². The van der Waals surface area contributed by atoms with Crippen molar-refractivity contribution in [1.29, 1.82) is 0 Å². The third kappa shape index (κ3) is 1.40. The number of aromatic nitrogens is 2. The number of aliphatic hydroxyl groups is 1. The molecule has 1 N–H and O–H groups in total. The highest BCUT2D eigenvalue weighted by Gasteiger charge is 2.18. The Bertz CT molecular complexity index is 892. The predicted molar refractivity (Wildman–Crippen MR) is 76.1 cm³/mol. The molecule has 2 heterocycles. The average molecular weight is 292 g/mol. The van der Waals surface area contributed by atoms with E-state index in [0.29, 0.717) is 4.57 Å². The summed E-state index contributed by atoms with van der Waals surface area (Å²) in [5.74, 6) is -0.0817. The van der Waals surface area contributed by atoms with Gasteiger partial charge in [-0.25, -0.2) is 0 Å². The van der Waals surface area contributed by atoms with Gasteiger partial charge in [0.05, 0.1) is 27.4 Å². The van der Waals surface area contributed by atoms with Crippen LogP contribution >= 0.6 is 12.6 Å². The summed E-state index contributed by atoms with van der Waals surface area (Å²) in [4.78, 5) is 47.7. The van der Waals surface area contributed by atoms with Crippen LogP contribution in [0.25, 0.3) is 21.5 Å². The molecule has 20 heavy (non-hydrogen) atoms. The van der Waals surface area contributed by atoms with Crippen molar-refractivity contribution in [1.82, 2.24) is 9.13 Å². The molecule has 0 unspecified atom stereocenters. The lowest BCUT2D eigenvalue weighted by atomic mass is 10.1. The minimum Gasteiger partial charge on any atom is -0.376 e. The molecule has 8 heteroatoms. The predicted octanol–water partition coefficient (Wildman–Crippen LogP) is -1.25. The molecule has 0 spiro atoms. The first-order valence-electron chi connectivity index (χ1n) is 5.63. The van der Waals surface area contributed by atoms with Gasteiger partial charge in [-0.15, -0.1) is 0 Å². The Hall–Kier alpha value is -2.19. The Morgan fingerprint density at radius 2 is 1.15 bits per heavy atom. The van der Waals surface area contributed by atoms with Crippen LogP contribution in [-0.4, -0.2) is 14.2 Å². The van der Waals surface area contributed by atoms with Crippen LogP contribution in [0.4, 0.5) is 0 Å². The zero-order valence-corrected chi connectivity index (χ0v) is 10.9. The minimum atomic E-state index is -0.748. The van der Waals surface area contributed by atoms with E-state index in [1.54, 1.807) is 0 Å². The van der Waals surface area contributed by atoms with Crippen molar-refractivity contribution in [2.24, 2.45) is 0 Å². The summed E-state index contributed by atoms with van der Waals surface area (Å²) in [6, 6.07) is 2.45. The van der Waals surface area contributed by atoms with Gasteiger partial charge in [-0.1, -0.05) is 0 Å². The molecule has 0 saturated carbocycles.